The molecule has 1 rings (SSSR count). The summed E-state index contributed by atoms with van der Waals surface area (Å²) in [5.74, 6) is 0.213. The third-order valence-electron chi connectivity index (χ3n) is 0.870. The van der Waals surface area contributed by atoms with Crippen LogP contribution in [0.1, 0.15) is 7.43 Å². The molecular formula is C7H11NO. The van der Waals surface area contributed by atoms with Crippen molar-refractivity contribution in [2.45, 2.75) is 7.43 Å². The number of hydrogen-bond donors (Lipinski definition) is 2. The van der Waals surface area contributed by atoms with E-state index in [4.69, 9.17) is 10.8 Å². The van der Waals surface area contributed by atoms with Crippen LogP contribution in [-0.4, -0.2) is 5.11 Å². The third kappa shape index (κ3) is 2.04. The van der Waals surface area contributed by atoms with E-state index in [1.54, 1.807) is 18.2 Å². The summed E-state index contributed by atoms with van der Waals surface area (Å²) in [4.78, 5) is 0. The number of aromatic hydroxyl groups is 1. The van der Waals surface area contributed by atoms with Crippen LogP contribution in [0.4, 0.5) is 5.69 Å². The van der Waals surface area contributed by atoms with Crippen LogP contribution in [0.3, 0.4) is 0 Å². The first kappa shape index (κ1) is 7.82. The predicted octanol–water partition coefficient (Wildman–Crippen LogP) is 1.61. The Labute approximate surface area is 54.9 Å². The molecule has 0 radical (unpaired) electrons. The maximum absolute atomic E-state index is 8.73. The van der Waals surface area contributed by atoms with Crippen LogP contribution in [0.15, 0.2) is 24.3 Å². The molecule has 0 bridgehead atoms. The maximum atomic E-state index is 8.73. The fourth-order valence-electron chi connectivity index (χ4n) is 0.525. The van der Waals surface area contributed by atoms with Crippen molar-refractivity contribution in [3.8, 4) is 5.75 Å². The monoisotopic (exact) mass is 125 g/mol. The summed E-state index contributed by atoms with van der Waals surface area (Å²) in [6.45, 7) is 0. The average molecular weight is 125 g/mol. The van der Waals surface area contributed by atoms with E-state index in [1.807, 2.05) is 0 Å². The summed E-state index contributed by atoms with van der Waals surface area (Å²) in [5, 5.41) is 8.73. The quantitative estimate of drug-likeness (QED) is 0.517. The van der Waals surface area contributed by atoms with Gasteiger partial charge in [0.15, 0.2) is 0 Å². The Morgan fingerprint density at radius 3 is 2.33 bits per heavy atom. The van der Waals surface area contributed by atoms with Crippen LogP contribution in [0.25, 0.3) is 0 Å². The minimum Gasteiger partial charge on any atom is -0.508 e. The van der Waals surface area contributed by atoms with E-state index in [0.717, 1.165) is 0 Å². The van der Waals surface area contributed by atoms with E-state index in [1.165, 1.54) is 6.07 Å². The van der Waals surface area contributed by atoms with Crippen LogP contribution in [0, 0.1) is 0 Å². The molecule has 0 amide bonds. The van der Waals surface area contributed by atoms with Gasteiger partial charge in [0.1, 0.15) is 5.75 Å². The topological polar surface area (TPSA) is 46.2 Å². The lowest BCUT2D eigenvalue weighted by Crippen LogP contribution is -1.80. The van der Waals surface area contributed by atoms with Crippen molar-refractivity contribution in [1.29, 1.82) is 0 Å². The molecule has 0 aliphatic rings. The highest BCUT2D eigenvalue weighted by atomic mass is 16.3. The zero-order valence-electron chi connectivity index (χ0n) is 4.33. The van der Waals surface area contributed by atoms with Crippen molar-refractivity contribution in [3.63, 3.8) is 0 Å². The first-order chi connectivity index (χ1) is 3.79. The van der Waals surface area contributed by atoms with Crippen LogP contribution in [0.5, 0.6) is 5.75 Å². The molecular weight excluding hydrogens is 114 g/mol. The van der Waals surface area contributed by atoms with Crippen LogP contribution >= 0.6 is 0 Å². The normalized spacial score (nSPS) is 8.00. The van der Waals surface area contributed by atoms with Gasteiger partial charge in [-0.2, -0.15) is 0 Å². The number of benzene rings is 1. The molecule has 1 aromatic rings. The number of hydrogen-bond acceptors (Lipinski definition) is 2. The zero-order chi connectivity index (χ0) is 5.98. The summed E-state index contributed by atoms with van der Waals surface area (Å²) in [5.41, 5.74) is 5.89. The number of nitrogen functional groups attached to an aromatic ring is 1. The molecule has 0 saturated heterocycles. The third-order valence-corrected chi connectivity index (χ3v) is 0.870. The average Bonchev–Trinajstić information content (AvgIpc) is 1.64. The molecule has 0 aromatic heterocycles. The Balaban J connectivity index is 0.000000640. The number of phenols is 1. The van der Waals surface area contributed by atoms with Gasteiger partial charge in [0, 0.05) is 11.8 Å². The number of anilines is 1. The van der Waals surface area contributed by atoms with E-state index in [9.17, 15) is 0 Å². The molecule has 2 nitrogen and oxygen atoms in total. The van der Waals surface area contributed by atoms with Crippen molar-refractivity contribution in [2.24, 2.45) is 0 Å². The smallest absolute Gasteiger partial charge is 0.117 e. The number of phenolic OH excluding ortho intramolecular Hbond substituents is 1. The van der Waals surface area contributed by atoms with Gasteiger partial charge in [-0.05, 0) is 12.1 Å². The molecule has 0 atom stereocenters. The Morgan fingerprint density at radius 2 is 2.00 bits per heavy atom. The van der Waals surface area contributed by atoms with Gasteiger partial charge in [-0.25, -0.2) is 0 Å². The summed E-state index contributed by atoms with van der Waals surface area (Å²) in [7, 11) is 0. The highest BCUT2D eigenvalue weighted by Gasteiger charge is 1.83. The van der Waals surface area contributed by atoms with Gasteiger partial charge < -0.3 is 10.8 Å². The van der Waals surface area contributed by atoms with Crippen molar-refractivity contribution in [1.82, 2.24) is 0 Å². The molecule has 0 saturated carbocycles. The maximum Gasteiger partial charge on any atom is 0.117 e. The van der Waals surface area contributed by atoms with Gasteiger partial charge in [0.05, 0.1) is 0 Å². The molecule has 0 unspecified atom stereocenters. The molecule has 0 aliphatic heterocycles. The fourth-order valence-corrected chi connectivity index (χ4v) is 0.525. The van der Waals surface area contributed by atoms with Crippen LogP contribution in [-0.2, 0) is 0 Å². The van der Waals surface area contributed by atoms with E-state index in [0.29, 0.717) is 5.69 Å². The van der Waals surface area contributed by atoms with Gasteiger partial charge in [-0.15, -0.1) is 0 Å². The Kier molecular flexibility index (Phi) is 2.58. The van der Waals surface area contributed by atoms with E-state index < -0.39 is 0 Å². The Bertz CT molecular complexity index is 169. The summed E-state index contributed by atoms with van der Waals surface area (Å²) < 4.78 is 0. The Hall–Kier alpha value is -1.18. The van der Waals surface area contributed by atoms with Gasteiger partial charge in [-0.3, -0.25) is 0 Å². The van der Waals surface area contributed by atoms with Gasteiger partial charge >= 0.3 is 0 Å². The van der Waals surface area contributed by atoms with Crippen molar-refractivity contribution < 1.29 is 5.11 Å². The first-order valence-corrected chi connectivity index (χ1v) is 2.33. The molecule has 9 heavy (non-hydrogen) atoms. The van der Waals surface area contributed by atoms with Crippen LogP contribution < -0.4 is 5.73 Å². The standard InChI is InChI=1S/C6H7NO.CH4/c7-5-2-1-3-6(8)4-5;/h1-4,8H,7H2;1H4. The number of rotatable bonds is 0. The molecule has 0 spiro atoms. The second-order valence-corrected chi connectivity index (χ2v) is 1.59. The molecule has 0 fully saturated rings. The molecule has 1 aromatic carbocycles. The Morgan fingerprint density at radius 1 is 1.33 bits per heavy atom. The SMILES string of the molecule is C.Nc1cccc(O)c1. The van der Waals surface area contributed by atoms with Gasteiger partial charge in [0.2, 0.25) is 0 Å². The van der Waals surface area contributed by atoms with E-state index in [2.05, 4.69) is 0 Å². The van der Waals surface area contributed by atoms with Crippen molar-refractivity contribution in [2.75, 3.05) is 5.73 Å². The zero-order valence-corrected chi connectivity index (χ0v) is 4.33. The van der Waals surface area contributed by atoms with Gasteiger partial charge in [-0.1, -0.05) is 13.5 Å². The van der Waals surface area contributed by atoms with Crippen molar-refractivity contribution >= 4 is 5.69 Å². The van der Waals surface area contributed by atoms with E-state index in [-0.39, 0.29) is 13.2 Å². The minimum absolute atomic E-state index is 0. The lowest BCUT2D eigenvalue weighted by molar-refractivity contribution is 0.475. The molecule has 3 N–H and O–H groups in total. The molecule has 0 aliphatic carbocycles. The highest BCUT2D eigenvalue weighted by molar-refractivity contribution is 5.42. The van der Waals surface area contributed by atoms with Crippen LogP contribution in [0.2, 0.25) is 0 Å². The fraction of sp³-hybridized carbons (Fsp3) is 0.143. The lowest BCUT2D eigenvalue weighted by atomic mass is 10.3. The molecule has 2 heteroatoms. The largest absolute Gasteiger partial charge is 0.508 e. The molecule has 0 heterocycles. The number of nitrogens with two attached hydrogens (primary N) is 1. The molecule has 50 valence electrons. The summed E-state index contributed by atoms with van der Waals surface area (Å²) >= 11 is 0. The highest BCUT2D eigenvalue weighted by Crippen LogP contribution is 2.10. The first-order valence-electron chi connectivity index (χ1n) is 2.33. The van der Waals surface area contributed by atoms with Crippen molar-refractivity contribution in [3.05, 3.63) is 24.3 Å². The van der Waals surface area contributed by atoms with Gasteiger partial charge in [0.25, 0.3) is 0 Å². The van der Waals surface area contributed by atoms with E-state index >= 15 is 0 Å². The minimum atomic E-state index is 0. The second-order valence-electron chi connectivity index (χ2n) is 1.59. The lowest BCUT2D eigenvalue weighted by Gasteiger charge is -1.90. The second kappa shape index (κ2) is 2.97. The summed E-state index contributed by atoms with van der Waals surface area (Å²) in [6, 6.07) is 6.50. The predicted molar refractivity (Wildman–Crippen MR) is 39.3 cm³/mol. The summed E-state index contributed by atoms with van der Waals surface area (Å²) in [6.07, 6.45) is 0.